The van der Waals surface area contributed by atoms with Crippen molar-refractivity contribution in [1.82, 2.24) is 0 Å². The number of carbonyl (C=O) groups excluding carboxylic acids is 2. The average molecular weight is 402 g/mol. The highest BCUT2D eigenvalue weighted by molar-refractivity contribution is 6.23. The van der Waals surface area contributed by atoms with Crippen molar-refractivity contribution < 1.29 is 18.8 Å². The van der Waals surface area contributed by atoms with E-state index in [4.69, 9.17) is 4.84 Å². The number of rotatable bonds is 3. The third-order valence-electron chi connectivity index (χ3n) is 5.63. The minimum atomic E-state index is -0.936. The van der Waals surface area contributed by atoms with Gasteiger partial charge in [0.1, 0.15) is 11.7 Å². The second-order valence-corrected chi connectivity index (χ2v) is 7.56. The Morgan fingerprint density at radius 1 is 0.800 bits per heavy atom. The van der Waals surface area contributed by atoms with Crippen LogP contribution in [-0.2, 0) is 14.4 Å². The van der Waals surface area contributed by atoms with Crippen molar-refractivity contribution in [2.24, 2.45) is 5.92 Å². The van der Waals surface area contributed by atoms with E-state index in [0.717, 1.165) is 11.3 Å². The van der Waals surface area contributed by atoms with Gasteiger partial charge in [0.15, 0.2) is 6.10 Å². The lowest BCUT2D eigenvalue weighted by Crippen LogP contribution is -2.37. The van der Waals surface area contributed by atoms with Gasteiger partial charge in [0, 0.05) is 0 Å². The van der Waals surface area contributed by atoms with E-state index < -0.39 is 18.1 Å². The molecule has 30 heavy (non-hydrogen) atoms. The SMILES string of the molecule is Cc1ccc(N2C(=O)[C@H]3[C@H](ON(c4ccccc4)[C@@H]3c3ccc(F)cc3)C2=O)cc1. The zero-order chi connectivity index (χ0) is 20.8. The summed E-state index contributed by atoms with van der Waals surface area (Å²) in [6, 6.07) is 22.0. The zero-order valence-corrected chi connectivity index (χ0v) is 16.2. The molecule has 2 aliphatic heterocycles. The van der Waals surface area contributed by atoms with E-state index in [2.05, 4.69) is 0 Å². The molecule has 150 valence electrons. The molecule has 0 unspecified atom stereocenters. The number of benzene rings is 3. The van der Waals surface area contributed by atoms with Gasteiger partial charge in [0.05, 0.1) is 17.4 Å². The standard InChI is InChI=1S/C24H19FN2O3/c1-15-7-13-18(14-8-15)26-23(28)20-21(16-9-11-17(25)12-10-16)27(30-22(20)24(26)29)19-5-3-2-4-6-19/h2-14,20-22H,1H3/t20-,21-,22+/m1/s1. The lowest BCUT2D eigenvalue weighted by molar-refractivity contribution is -0.126. The summed E-state index contributed by atoms with van der Waals surface area (Å²) < 4.78 is 13.5. The predicted molar refractivity (Wildman–Crippen MR) is 110 cm³/mol. The fourth-order valence-corrected chi connectivity index (χ4v) is 4.16. The fraction of sp³-hybridized carbons (Fsp3) is 0.167. The van der Waals surface area contributed by atoms with Crippen LogP contribution < -0.4 is 9.96 Å². The first-order valence-corrected chi connectivity index (χ1v) is 9.75. The van der Waals surface area contributed by atoms with E-state index >= 15 is 0 Å². The molecule has 6 heteroatoms. The van der Waals surface area contributed by atoms with E-state index in [1.54, 1.807) is 29.3 Å². The minimum Gasteiger partial charge on any atom is -0.273 e. The first-order valence-electron chi connectivity index (χ1n) is 9.75. The van der Waals surface area contributed by atoms with Crippen LogP contribution in [0.2, 0.25) is 0 Å². The maximum Gasteiger partial charge on any atom is 0.266 e. The molecule has 2 fully saturated rings. The number of carbonyl (C=O) groups is 2. The minimum absolute atomic E-state index is 0.318. The largest absolute Gasteiger partial charge is 0.273 e. The van der Waals surface area contributed by atoms with Crippen LogP contribution in [-0.4, -0.2) is 17.9 Å². The Hall–Kier alpha value is -3.51. The molecule has 0 radical (unpaired) electrons. The van der Waals surface area contributed by atoms with Crippen LogP contribution in [0.15, 0.2) is 78.9 Å². The highest BCUT2D eigenvalue weighted by atomic mass is 19.1. The molecular weight excluding hydrogens is 383 g/mol. The summed E-state index contributed by atoms with van der Waals surface area (Å²) in [5.74, 6) is -1.80. The Kier molecular flexibility index (Phi) is 4.37. The molecule has 2 aliphatic rings. The molecule has 0 spiro atoms. The Labute approximate surface area is 173 Å². The lowest BCUT2D eigenvalue weighted by atomic mass is 9.90. The number of nitrogens with zero attached hydrogens (tertiary/aromatic N) is 2. The van der Waals surface area contributed by atoms with Gasteiger partial charge in [0.2, 0.25) is 5.91 Å². The Bertz CT molecular complexity index is 1100. The number of amides is 2. The molecule has 2 heterocycles. The van der Waals surface area contributed by atoms with Gasteiger partial charge in [-0.2, -0.15) is 0 Å². The number of halogens is 1. The Balaban J connectivity index is 1.58. The van der Waals surface area contributed by atoms with E-state index in [1.807, 2.05) is 49.4 Å². The zero-order valence-electron chi connectivity index (χ0n) is 16.2. The Morgan fingerprint density at radius 3 is 2.13 bits per heavy atom. The maximum absolute atomic E-state index is 13.5. The molecule has 2 amide bonds. The van der Waals surface area contributed by atoms with Crippen molar-refractivity contribution in [1.29, 1.82) is 0 Å². The van der Waals surface area contributed by atoms with E-state index in [1.165, 1.54) is 17.0 Å². The van der Waals surface area contributed by atoms with Gasteiger partial charge < -0.3 is 0 Å². The van der Waals surface area contributed by atoms with Crippen LogP contribution in [0.1, 0.15) is 17.2 Å². The first-order chi connectivity index (χ1) is 14.5. The number of anilines is 2. The monoisotopic (exact) mass is 402 g/mol. The number of imide groups is 1. The van der Waals surface area contributed by atoms with E-state index in [0.29, 0.717) is 11.3 Å². The Morgan fingerprint density at radius 2 is 1.47 bits per heavy atom. The van der Waals surface area contributed by atoms with Gasteiger partial charge >= 0.3 is 0 Å². The third kappa shape index (κ3) is 2.88. The van der Waals surface area contributed by atoms with Gasteiger partial charge in [0.25, 0.3) is 5.91 Å². The molecule has 0 bridgehead atoms. The lowest BCUT2D eigenvalue weighted by Gasteiger charge is -2.28. The molecule has 0 N–H and O–H groups in total. The van der Waals surface area contributed by atoms with Crippen molar-refractivity contribution in [3.8, 4) is 0 Å². The number of para-hydroxylation sites is 1. The van der Waals surface area contributed by atoms with Crippen LogP contribution in [0.4, 0.5) is 15.8 Å². The van der Waals surface area contributed by atoms with Gasteiger partial charge in [-0.05, 0) is 48.9 Å². The first kappa shape index (κ1) is 18.5. The quantitative estimate of drug-likeness (QED) is 0.617. The summed E-state index contributed by atoms with van der Waals surface area (Å²) in [5.41, 5.74) is 3.00. The number of hydrogen-bond acceptors (Lipinski definition) is 4. The number of hydrogen-bond donors (Lipinski definition) is 0. The van der Waals surface area contributed by atoms with Crippen molar-refractivity contribution in [2.45, 2.75) is 19.1 Å². The van der Waals surface area contributed by atoms with Gasteiger partial charge in [-0.25, -0.2) is 14.4 Å². The summed E-state index contributed by atoms with van der Waals surface area (Å²) in [6.07, 6.45) is -0.936. The van der Waals surface area contributed by atoms with Crippen LogP contribution in [0.25, 0.3) is 0 Å². The van der Waals surface area contributed by atoms with Crippen LogP contribution in [0, 0.1) is 18.7 Å². The summed E-state index contributed by atoms with van der Waals surface area (Å²) in [7, 11) is 0. The van der Waals surface area contributed by atoms with Crippen molar-refractivity contribution in [3.05, 3.63) is 95.8 Å². The topological polar surface area (TPSA) is 49.9 Å². The number of aryl methyl sites for hydroxylation is 1. The summed E-state index contributed by atoms with van der Waals surface area (Å²) in [5, 5.41) is 1.60. The van der Waals surface area contributed by atoms with Crippen LogP contribution in [0.3, 0.4) is 0 Å². The highest BCUT2D eigenvalue weighted by Gasteiger charge is 2.60. The summed E-state index contributed by atoms with van der Waals surface area (Å²) in [6.45, 7) is 1.94. The van der Waals surface area contributed by atoms with Crippen molar-refractivity contribution >= 4 is 23.2 Å². The molecular formula is C24H19FN2O3. The molecule has 0 aromatic heterocycles. The maximum atomic E-state index is 13.5. The predicted octanol–water partition coefficient (Wildman–Crippen LogP) is 4.19. The highest BCUT2D eigenvalue weighted by Crippen LogP contribution is 2.47. The van der Waals surface area contributed by atoms with Crippen LogP contribution in [0.5, 0.6) is 0 Å². The van der Waals surface area contributed by atoms with Crippen LogP contribution >= 0.6 is 0 Å². The van der Waals surface area contributed by atoms with Crippen molar-refractivity contribution in [3.63, 3.8) is 0 Å². The molecule has 2 saturated heterocycles. The second-order valence-electron chi connectivity index (χ2n) is 7.56. The van der Waals surface area contributed by atoms with E-state index in [-0.39, 0.29) is 17.6 Å². The third-order valence-corrected chi connectivity index (χ3v) is 5.63. The number of fused-ring (bicyclic) bond motifs is 1. The number of hydroxylamine groups is 1. The van der Waals surface area contributed by atoms with Crippen molar-refractivity contribution in [2.75, 3.05) is 9.96 Å². The van der Waals surface area contributed by atoms with Gasteiger partial charge in [-0.3, -0.25) is 14.4 Å². The molecule has 5 rings (SSSR count). The summed E-state index contributed by atoms with van der Waals surface area (Å²) >= 11 is 0. The average Bonchev–Trinajstić information content (AvgIpc) is 3.27. The summed E-state index contributed by atoms with van der Waals surface area (Å²) in [4.78, 5) is 33.9. The molecule has 3 atom stereocenters. The normalized spacial score (nSPS) is 23.2. The van der Waals surface area contributed by atoms with Gasteiger partial charge in [-0.1, -0.05) is 48.0 Å². The molecule has 5 nitrogen and oxygen atoms in total. The molecule has 3 aromatic carbocycles. The second kappa shape index (κ2) is 7.07. The van der Waals surface area contributed by atoms with E-state index in [9.17, 15) is 14.0 Å². The smallest absolute Gasteiger partial charge is 0.266 e. The molecule has 0 aliphatic carbocycles. The molecule has 0 saturated carbocycles. The van der Waals surface area contributed by atoms with Gasteiger partial charge in [-0.15, -0.1) is 0 Å². The molecule has 3 aromatic rings. The fourth-order valence-electron chi connectivity index (χ4n) is 4.16.